The van der Waals surface area contributed by atoms with E-state index in [0.29, 0.717) is 31.0 Å². The molecular weight excluding hydrogens is 495 g/mol. The van der Waals surface area contributed by atoms with Gasteiger partial charge in [-0.2, -0.15) is 0 Å². The molecule has 0 aliphatic carbocycles. The Hall–Kier alpha value is -1.52. The number of likely N-dealkylation sites (tertiary alicyclic amines) is 1. The van der Waals surface area contributed by atoms with Gasteiger partial charge in [-0.25, -0.2) is 9.78 Å². The van der Waals surface area contributed by atoms with Crippen LogP contribution in [0.2, 0.25) is 0 Å². The van der Waals surface area contributed by atoms with Crippen molar-refractivity contribution in [3.05, 3.63) is 18.7 Å². The van der Waals surface area contributed by atoms with Gasteiger partial charge in [0.05, 0.1) is 31.6 Å². The minimum atomic E-state index is -0.370. The van der Waals surface area contributed by atoms with Crippen molar-refractivity contribution >= 4 is 36.0 Å². The van der Waals surface area contributed by atoms with Crippen LogP contribution < -0.4 is 10.6 Å². The van der Waals surface area contributed by atoms with Gasteiger partial charge in [0, 0.05) is 32.0 Å². The Morgan fingerprint density at radius 1 is 1.37 bits per heavy atom. The van der Waals surface area contributed by atoms with E-state index in [1.165, 1.54) is 0 Å². The Labute approximate surface area is 198 Å². The minimum absolute atomic E-state index is 0. The topological polar surface area (TPSA) is 83.8 Å². The number of alkyl carbamates (subject to hydrolysis) is 1. The summed E-state index contributed by atoms with van der Waals surface area (Å²) in [5.41, 5.74) is 0. The SMILES string of the molecule is CCNC(=NCC(CC(C)C)NC(=O)OCC)N1CCC(C)C(n2ccnc2)C1.I. The van der Waals surface area contributed by atoms with Crippen LogP contribution in [0, 0.1) is 11.8 Å². The summed E-state index contributed by atoms with van der Waals surface area (Å²) in [5.74, 6) is 1.95. The number of carbonyl (C=O) groups is 1. The van der Waals surface area contributed by atoms with E-state index in [1.807, 2.05) is 25.6 Å². The highest BCUT2D eigenvalue weighted by Gasteiger charge is 2.29. The van der Waals surface area contributed by atoms with Crippen molar-refractivity contribution in [2.45, 2.75) is 59.5 Å². The zero-order valence-electron chi connectivity index (χ0n) is 19.0. The van der Waals surface area contributed by atoms with Crippen molar-refractivity contribution in [3.63, 3.8) is 0 Å². The zero-order valence-corrected chi connectivity index (χ0v) is 21.3. The second-order valence-corrected chi connectivity index (χ2v) is 8.18. The van der Waals surface area contributed by atoms with E-state index < -0.39 is 0 Å². The van der Waals surface area contributed by atoms with Crippen LogP contribution in [-0.4, -0.2) is 65.3 Å². The fourth-order valence-corrected chi connectivity index (χ4v) is 3.81. The molecule has 3 atom stereocenters. The molecule has 2 rings (SSSR count). The average molecular weight is 534 g/mol. The Morgan fingerprint density at radius 2 is 2.13 bits per heavy atom. The number of aromatic nitrogens is 2. The number of ether oxygens (including phenoxy) is 1. The number of nitrogens with one attached hydrogen (secondary N) is 2. The maximum absolute atomic E-state index is 11.9. The summed E-state index contributed by atoms with van der Waals surface area (Å²) in [6.07, 6.45) is 7.36. The molecule has 0 bridgehead atoms. The van der Waals surface area contributed by atoms with Crippen molar-refractivity contribution in [2.24, 2.45) is 16.8 Å². The van der Waals surface area contributed by atoms with E-state index in [2.05, 4.69) is 52.8 Å². The Bertz CT molecular complexity index is 637. The molecule has 0 saturated carbocycles. The van der Waals surface area contributed by atoms with Crippen LogP contribution in [0.15, 0.2) is 23.7 Å². The third-order valence-electron chi connectivity index (χ3n) is 5.28. The van der Waals surface area contributed by atoms with Crippen LogP contribution in [0.1, 0.15) is 53.5 Å². The van der Waals surface area contributed by atoms with Crippen LogP contribution in [0.25, 0.3) is 0 Å². The lowest BCUT2D eigenvalue weighted by Gasteiger charge is -2.39. The van der Waals surface area contributed by atoms with Gasteiger partial charge >= 0.3 is 6.09 Å². The van der Waals surface area contributed by atoms with Crippen molar-refractivity contribution < 1.29 is 9.53 Å². The maximum atomic E-state index is 11.9. The lowest BCUT2D eigenvalue weighted by molar-refractivity contribution is 0.147. The van der Waals surface area contributed by atoms with Crippen LogP contribution in [0.4, 0.5) is 4.79 Å². The van der Waals surface area contributed by atoms with Gasteiger partial charge in [-0.05, 0) is 38.5 Å². The molecule has 172 valence electrons. The molecule has 1 aromatic rings. The van der Waals surface area contributed by atoms with Gasteiger partial charge in [0.2, 0.25) is 0 Å². The molecule has 1 aliphatic rings. The van der Waals surface area contributed by atoms with Crippen LogP contribution >= 0.6 is 24.0 Å². The number of hydrogen-bond acceptors (Lipinski definition) is 4. The molecule has 1 amide bonds. The van der Waals surface area contributed by atoms with Crippen molar-refractivity contribution in [1.82, 2.24) is 25.1 Å². The molecule has 3 unspecified atom stereocenters. The summed E-state index contributed by atoms with van der Waals surface area (Å²) >= 11 is 0. The van der Waals surface area contributed by atoms with Gasteiger partial charge < -0.3 is 24.8 Å². The molecule has 9 heteroatoms. The first-order chi connectivity index (χ1) is 13.9. The summed E-state index contributed by atoms with van der Waals surface area (Å²) < 4.78 is 7.26. The molecule has 8 nitrogen and oxygen atoms in total. The van der Waals surface area contributed by atoms with Crippen LogP contribution in [0.5, 0.6) is 0 Å². The molecule has 30 heavy (non-hydrogen) atoms. The molecule has 2 N–H and O–H groups in total. The molecule has 1 aliphatic heterocycles. The van der Waals surface area contributed by atoms with Gasteiger partial charge in [0.15, 0.2) is 5.96 Å². The average Bonchev–Trinajstić information content (AvgIpc) is 3.19. The second-order valence-electron chi connectivity index (χ2n) is 8.18. The largest absolute Gasteiger partial charge is 0.450 e. The lowest BCUT2D eigenvalue weighted by atomic mass is 9.93. The molecule has 0 spiro atoms. The van der Waals surface area contributed by atoms with Gasteiger partial charge in [0.1, 0.15) is 0 Å². The number of halogens is 1. The smallest absolute Gasteiger partial charge is 0.407 e. The van der Waals surface area contributed by atoms with E-state index in [4.69, 9.17) is 9.73 Å². The van der Waals surface area contributed by atoms with E-state index in [1.54, 1.807) is 0 Å². The molecular formula is C21H39IN6O2. The number of guanidine groups is 1. The number of nitrogens with zero attached hydrogens (tertiary/aromatic N) is 4. The fraction of sp³-hybridized carbons (Fsp3) is 0.762. The van der Waals surface area contributed by atoms with E-state index in [0.717, 1.165) is 38.4 Å². The third kappa shape index (κ3) is 8.31. The number of carbonyl (C=O) groups excluding carboxylic acids is 1. The number of hydrogen-bond donors (Lipinski definition) is 2. The summed E-state index contributed by atoms with van der Waals surface area (Å²) in [7, 11) is 0. The number of aliphatic imine (C=N–C) groups is 1. The highest BCUT2D eigenvalue weighted by molar-refractivity contribution is 14.0. The molecule has 0 aromatic carbocycles. The first kappa shape index (κ1) is 26.5. The number of piperidine rings is 1. The Kier molecular flexibility index (Phi) is 12.1. The fourth-order valence-electron chi connectivity index (χ4n) is 3.81. The molecule has 2 heterocycles. The van der Waals surface area contributed by atoms with E-state index >= 15 is 0 Å². The first-order valence-electron chi connectivity index (χ1n) is 10.9. The predicted octanol–water partition coefficient (Wildman–Crippen LogP) is 3.51. The predicted molar refractivity (Wildman–Crippen MR) is 131 cm³/mol. The van der Waals surface area contributed by atoms with Crippen LogP contribution in [-0.2, 0) is 4.74 Å². The molecule has 1 saturated heterocycles. The number of amides is 1. The maximum Gasteiger partial charge on any atom is 0.407 e. The van der Waals surface area contributed by atoms with E-state index in [-0.39, 0.29) is 36.1 Å². The second kappa shape index (κ2) is 13.7. The minimum Gasteiger partial charge on any atom is -0.450 e. The monoisotopic (exact) mass is 534 g/mol. The van der Waals surface area contributed by atoms with Crippen molar-refractivity contribution in [2.75, 3.05) is 32.8 Å². The summed E-state index contributed by atoms with van der Waals surface area (Å²) in [4.78, 5) is 23.3. The van der Waals surface area contributed by atoms with Gasteiger partial charge in [0.25, 0.3) is 0 Å². The number of imidazole rings is 1. The zero-order chi connectivity index (χ0) is 21.2. The summed E-state index contributed by atoms with van der Waals surface area (Å²) in [5, 5.41) is 6.39. The molecule has 1 fully saturated rings. The number of rotatable bonds is 8. The first-order valence-corrected chi connectivity index (χ1v) is 10.9. The van der Waals surface area contributed by atoms with Gasteiger partial charge in [-0.1, -0.05) is 20.8 Å². The van der Waals surface area contributed by atoms with Gasteiger partial charge in [-0.15, -0.1) is 24.0 Å². The van der Waals surface area contributed by atoms with Crippen LogP contribution in [0.3, 0.4) is 0 Å². The quantitative estimate of drug-likeness (QED) is 0.303. The standard InChI is InChI=1S/C21H38N6O2.HI/c1-6-23-20(24-13-18(12-16(3)4)25-21(28)29-7-2)26-10-8-17(5)19(14-26)27-11-9-22-15-27;/h9,11,15-19H,6-8,10,12-14H2,1-5H3,(H,23,24)(H,25,28);1H. The summed E-state index contributed by atoms with van der Waals surface area (Å²) in [6, 6.07) is 0.329. The lowest BCUT2D eigenvalue weighted by Crippen LogP contribution is -2.49. The summed E-state index contributed by atoms with van der Waals surface area (Å²) in [6.45, 7) is 14.1. The Balaban J connectivity index is 0.00000450. The Morgan fingerprint density at radius 3 is 2.73 bits per heavy atom. The van der Waals surface area contributed by atoms with Crippen molar-refractivity contribution in [3.8, 4) is 0 Å². The molecule has 1 aromatic heterocycles. The highest BCUT2D eigenvalue weighted by atomic mass is 127. The highest BCUT2D eigenvalue weighted by Crippen LogP contribution is 2.27. The van der Waals surface area contributed by atoms with Crippen molar-refractivity contribution in [1.29, 1.82) is 0 Å². The normalized spacial score (nSPS) is 20.5. The van der Waals surface area contributed by atoms with Gasteiger partial charge in [-0.3, -0.25) is 4.99 Å². The third-order valence-corrected chi connectivity index (χ3v) is 5.28. The van der Waals surface area contributed by atoms with E-state index in [9.17, 15) is 4.79 Å². The molecule has 0 radical (unpaired) electrons.